The number of nitrogen functional groups attached to an aromatic ring is 1. The number of halogens is 1. The topological polar surface area (TPSA) is 158 Å². The molecule has 4 atom stereocenters. The van der Waals surface area contributed by atoms with Gasteiger partial charge in [0.25, 0.3) is 11.5 Å². The summed E-state index contributed by atoms with van der Waals surface area (Å²) in [6, 6.07) is 0. The van der Waals surface area contributed by atoms with E-state index >= 15 is 4.39 Å². The first-order valence-electron chi connectivity index (χ1n) is 12.0. The average molecular weight is 520 g/mol. The summed E-state index contributed by atoms with van der Waals surface area (Å²) < 4.78 is 39.8. The summed E-state index contributed by atoms with van der Waals surface area (Å²) in [6.45, 7) is 4.23. The molecule has 3 heterocycles. The van der Waals surface area contributed by atoms with E-state index < -0.39 is 48.3 Å². The Morgan fingerprint density at radius 2 is 1.76 bits per heavy atom. The molecule has 2 N–H and O–H groups in total. The van der Waals surface area contributed by atoms with Gasteiger partial charge in [-0.05, 0) is 25.2 Å². The van der Waals surface area contributed by atoms with E-state index in [2.05, 4.69) is 20.9 Å². The number of nitrogens with two attached hydrogens (primary N) is 1. The van der Waals surface area contributed by atoms with Gasteiger partial charge >= 0.3 is 17.9 Å². The maximum Gasteiger partial charge on any atom is 0.307 e. The summed E-state index contributed by atoms with van der Waals surface area (Å²) in [6.07, 6.45) is 5.75. The Bertz CT molecular complexity index is 1200. The molecule has 0 aliphatic carbocycles. The van der Waals surface area contributed by atoms with E-state index in [1.165, 1.54) is 10.9 Å². The van der Waals surface area contributed by atoms with Crippen molar-refractivity contribution < 1.29 is 37.7 Å². The van der Waals surface area contributed by atoms with Crippen molar-refractivity contribution in [2.45, 2.75) is 83.1 Å². The van der Waals surface area contributed by atoms with Gasteiger partial charge in [0.05, 0.1) is 6.33 Å². The highest BCUT2D eigenvalue weighted by atomic mass is 19.2. The fraction of sp³-hybridized carbons (Fsp3) is 0.583. The van der Waals surface area contributed by atoms with E-state index in [0.717, 1.165) is 6.33 Å². The van der Waals surface area contributed by atoms with Crippen LogP contribution in [0.2, 0.25) is 0 Å². The van der Waals surface area contributed by atoms with Crippen molar-refractivity contribution in [3.63, 3.8) is 0 Å². The molecule has 0 aromatic carbocycles. The van der Waals surface area contributed by atoms with Gasteiger partial charge in [0, 0.05) is 19.3 Å². The van der Waals surface area contributed by atoms with Crippen molar-refractivity contribution in [2.24, 2.45) is 0 Å². The number of alkyl halides is 1. The Morgan fingerprint density at radius 1 is 1.11 bits per heavy atom. The van der Waals surface area contributed by atoms with Crippen LogP contribution in [0, 0.1) is 12.3 Å². The normalized spacial score (nSPS) is 24.9. The van der Waals surface area contributed by atoms with Crippen LogP contribution in [0.25, 0.3) is 11.2 Å². The number of aromatic nitrogens is 4. The van der Waals surface area contributed by atoms with E-state index in [9.17, 15) is 14.4 Å². The molecule has 1 saturated heterocycles. The van der Waals surface area contributed by atoms with Gasteiger partial charge in [-0.3, -0.25) is 19.0 Å². The maximum atomic E-state index is 16.7. The predicted octanol–water partition coefficient (Wildman–Crippen LogP) is 2.37. The molecule has 0 bridgehead atoms. The van der Waals surface area contributed by atoms with E-state index in [1.807, 2.05) is 0 Å². The van der Waals surface area contributed by atoms with Crippen LogP contribution in [-0.2, 0) is 33.3 Å². The summed E-state index contributed by atoms with van der Waals surface area (Å²) in [5, 5.41) is 0. The van der Waals surface area contributed by atoms with Crippen LogP contribution >= 0.6 is 0 Å². The number of ether oxygens (including phenoxy) is 4. The molecule has 0 spiro atoms. The van der Waals surface area contributed by atoms with Crippen molar-refractivity contribution in [3.05, 3.63) is 12.7 Å². The lowest BCUT2D eigenvalue weighted by atomic mass is 9.92. The maximum absolute atomic E-state index is 16.7. The van der Waals surface area contributed by atoms with E-state index in [4.69, 9.17) is 31.1 Å². The molecule has 0 radical (unpaired) electrons. The number of hydrogen-bond donors (Lipinski definition) is 1. The first kappa shape index (κ1) is 27.8. The van der Waals surface area contributed by atoms with Crippen molar-refractivity contribution in [1.29, 1.82) is 0 Å². The first-order valence-corrected chi connectivity index (χ1v) is 12.0. The van der Waals surface area contributed by atoms with Crippen LogP contribution in [0.5, 0.6) is 0 Å². The Kier molecular flexibility index (Phi) is 8.65. The third-order valence-corrected chi connectivity index (χ3v) is 5.65. The molecule has 37 heavy (non-hydrogen) atoms. The molecule has 1 aliphatic rings. The second-order valence-corrected chi connectivity index (χ2v) is 8.53. The average Bonchev–Trinajstić information content (AvgIpc) is 3.38. The van der Waals surface area contributed by atoms with Crippen LogP contribution < -0.4 is 5.73 Å². The number of nitrogens with zero attached hydrogens (tertiary/aromatic N) is 4. The van der Waals surface area contributed by atoms with Gasteiger partial charge in [-0.15, -0.1) is 6.42 Å². The van der Waals surface area contributed by atoms with E-state index in [1.54, 1.807) is 20.8 Å². The van der Waals surface area contributed by atoms with Gasteiger partial charge in [-0.1, -0.05) is 20.8 Å². The summed E-state index contributed by atoms with van der Waals surface area (Å²) in [5.41, 5.74) is 3.81. The SMILES string of the molecule is C#C[C@]1(OC(=O)CCC)[C@H](n2cnc3c(N)ncnc32)O[C@](F)(COC(=O)CCC)[C@H]1OC(=O)CCC. The lowest BCUT2D eigenvalue weighted by Gasteiger charge is -2.34. The van der Waals surface area contributed by atoms with Gasteiger partial charge < -0.3 is 24.7 Å². The van der Waals surface area contributed by atoms with Crippen molar-refractivity contribution in [2.75, 3.05) is 12.3 Å². The third-order valence-electron chi connectivity index (χ3n) is 5.65. The molecular weight excluding hydrogens is 489 g/mol. The lowest BCUT2D eigenvalue weighted by Crippen LogP contribution is -2.55. The van der Waals surface area contributed by atoms with Crippen molar-refractivity contribution >= 4 is 34.9 Å². The minimum atomic E-state index is -2.99. The summed E-state index contributed by atoms with van der Waals surface area (Å²) in [5.74, 6) is -2.96. The molecule has 2 aromatic rings. The zero-order valence-corrected chi connectivity index (χ0v) is 20.9. The van der Waals surface area contributed by atoms with Crippen molar-refractivity contribution in [3.8, 4) is 12.3 Å². The van der Waals surface area contributed by atoms with Gasteiger partial charge in [0.1, 0.15) is 11.8 Å². The largest absolute Gasteiger partial charge is 0.459 e. The van der Waals surface area contributed by atoms with Crippen LogP contribution in [-0.4, -0.2) is 61.6 Å². The number of fused-ring (bicyclic) bond motifs is 1. The number of imidazole rings is 1. The lowest BCUT2D eigenvalue weighted by molar-refractivity contribution is -0.224. The summed E-state index contributed by atoms with van der Waals surface area (Å²) >= 11 is 0. The fourth-order valence-corrected chi connectivity index (χ4v) is 3.95. The minimum absolute atomic E-state index is 0.0217. The second-order valence-electron chi connectivity index (χ2n) is 8.53. The van der Waals surface area contributed by atoms with E-state index in [0.29, 0.717) is 19.3 Å². The molecule has 0 saturated carbocycles. The zero-order valence-electron chi connectivity index (χ0n) is 20.9. The molecule has 0 unspecified atom stereocenters. The Balaban J connectivity index is 2.18. The Labute approximate surface area is 213 Å². The predicted molar refractivity (Wildman–Crippen MR) is 127 cm³/mol. The number of esters is 3. The number of terminal acetylenes is 1. The molecule has 1 fully saturated rings. The van der Waals surface area contributed by atoms with Gasteiger partial charge in [-0.2, -0.15) is 0 Å². The first-order chi connectivity index (χ1) is 17.7. The van der Waals surface area contributed by atoms with E-state index in [-0.39, 0.29) is 36.2 Å². The zero-order chi connectivity index (χ0) is 27.2. The summed E-state index contributed by atoms with van der Waals surface area (Å²) in [4.78, 5) is 49.5. The third kappa shape index (κ3) is 5.48. The Hall–Kier alpha value is -3.79. The van der Waals surface area contributed by atoms with Crippen LogP contribution in [0.4, 0.5) is 10.2 Å². The molecule has 0 amide bonds. The number of anilines is 1. The fourth-order valence-electron chi connectivity index (χ4n) is 3.95. The quantitative estimate of drug-likeness (QED) is 0.264. The number of rotatable bonds is 11. The molecule has 3 rings (SSSR count). The molecule has 200 valence electrons. The van der Waals surface area contributed by atoms with Crippen LogP contribution in [0.1, 0.15) is 65.5 Å². The van der Waals surface area contributed by atoms with Crippen LogP contribution in [0.3, 0.4) is 0 Å². The Morgan fingerprint density at radius 3 is 2.41 bits per heavy atom. The van der Waals surface area contributed by atoms with Gasteiger partial charge in [0.2, 0.25) is 6.10 Å². The molecule has 1 aliphatic heterocycles. The molecule has 12 nitrogen and oxygen atoms in total. The van der Waals surface area contributed by atoms with Gasteiger partial charge in [0.15, 0.2) is 24.3 Å². The van der Waals surface area contributed by atoms with Gasteiger partial charge in [-0.25, -0.2) is 19.3 Å². The molecule has 13 heteroatoms. The molecule has 2 aromatic heterocycles. The highest BCUT2D eigenvalue weighted by Gasteiger charge is 2.71. The highest BCUT2D eigenvalue weighted by Crippen LogP contribution is 2.50. The van der Waals surface area contributed by atoms with Crippen LogP contribution in [0.15, 0.2) is 12.7 Å². The summed E-state index contributed by atoms with van der Waals surface area (Å²) in [7, 11) is 0. The standard InChI is InChI=1S/C24H30FN5O7/c1-5-9-15(31)34-12-24(25)21(35-16(32)10-6-2)23(8-4,36-17(33)11-7-3)22(37-24)30-14-29-18-19(26)27-13-28-20(18)30/h4,13-14,21-22H,5-7,9-12H2,1-3H3,(H2,26,27,28)/t21-,22+,23+,24+/m0/s1. The minimum Gasteiger partial charge on any atom is -0.459 e. The highest BCUT2D eigenvalue weighted by molar-refractivity contribution is 5.81. The molecular formula is C24H30FN5O7. The number of carbonyl (C=O) groups is 3. The monoisotopic (exact) mass is 519 g/mol. The smallest absolute Gasteiger partial charge is 0.307 e. The van der Waals surface area contributed by atoms with Crippen molar-refractivity contribution in [1.82, 2.24) is 19.5 Å². The second kappa shape index (κ2) is 11.5. The number of hydrogen-bond acceptors (Lipinski definition) is 11. The number of carbonyl (C=O) groups excluding carboxylic acids is 3.